The van der Waals surface area contributed by atoms with E-state index in [9.17, 15) is 0 Å². The average molecular weight is 235 g/mol. The average Bonchev–Trinajstić information content (AvgIpc) is 2.36. The molecule has 0 fully saturated rings. The molecule has 1 rings (SSSR count). The lowest BCUT2D eigenvalue weighted by atomic mass is 10.0. The fourth-order valence-electron chi connectivity index (χ4n) is 1.77. The third-order valence-electron chi connectivity index (χ3n) is 3.38. The van der Waals surface area contributed by atoms with Crippen molar-refractivity contribution in [2.24, 2.45) is 5.92 Å². The Bertz CT molecular complexity index is 324. The fraction of sp³-hybridized carbons (Fsp3) is 0.600. The van der Waals surface area contributed by atoms with Gasteiger partial charge in [-0.3, -0.25) is 0 Å². The van der Waals surface area contributed by atoms with Gasteiger partial charge in [0, 0.05) is 18.2 Å². The quantitative estimate of drug-likeness (QED) is 0.779. The van der Waals surface area contributed by atoms with Crippen LogP contribution < -0.4 is 10.1 Å². The molecule has 96 valence electrons. The zero-order chi connectivity index (χ0) is 12.7. The van der Waals surface area contributed by atoms with E-state index in [2.05, 4.69) is 38.2 Å². The standard InChI is InChI=1S/C15H25NO/c1-5-12(3)13(4)16-11-14-9-7-8-10-15(14)17-6-2/h7-10,12-13,16H,5-6,11H2,1-4H3. The summed E-state index contributed by atoms with van der Waals surface area (Å²) >= 11 is 0. The van der Waals surface area contributed by atoms with Crippen LogP contribution in [0.25, 0.3) is 0 Å². The van der Waals surface area contributed by atoms with Gasteiger partial charge in [-0.15, -0.1) is 0 Å². The molecule has 0 radical (unpaired) electrons. The summed E-state index contributed by atoms with van der Waals surface area (Å²) in [4.78, 5) is 0. The molecular formula is C15H25NO. The summed E-state index contributed by atoms with van der Waals surface area (Å²) in [5.74, 6) is 1.70. The number of hydrogen-bond acceptors (Lipinski definition) is 2. The summed E-state index contributed by atoms with van der Waals surface area (Å²) in [6.07, 6.45) is 1.21. The number of benzene rings is 1. The van der Waals surface area contributed by atoms with Crippen LogP contribution in [0.3, 0.4) is 0 Å². The van der Waals surface area contributed by atoms with Gasteiger partial charge in [0.05, 0.1) is 6.61 Å². The number of nitrogens with one attached hydrogen (secondary N) is 1. The van der Waals surface area contributed by atoms with Crippen molar-refractivity contribution in [1.29, 1.82) is 0 Å². The van der Waals surface area contributed by atoms with E-state index in [0.717, 1.165) is 18.9 Å². The molecule has 0 heterocycles. The molecule has 17 heavy (non-hydrogen) atoms. The van der Waals surface area contributed by atoms with Gasteiger partial charge < -0.3 is 10.1 Å². The molecule has 2 atom stereocenters. The molecular weight excluding hydrogens is 210 g/mol. The Labute approximate surface area is 105 Å². The van der Waals surface area contributed by atoms with Gasteiger partial charge in [0.25, 0.3) is 0 Å². The van der Waals surface area contributed by atoms with E-state index < -0.39 is 0 Å². The molecule has 0 aliphatic carbocycles. The van der Waals surface area contributed by atoms with Crippen LogP contribution in [0.15, 0.2) is 24.3 Å². The van der Waals surface area contributed by atoms with Crippen molar-refractivity contribution in [3.63, 3.8) is 0 Å². The number of hydrogen-bond donors (Lipinski definition) is 1. The Morgan fingerprint density at radius 3 is 2.53 bits per heavy atom. The van der Waals surface area contributed by atoms with Crippen LogP contribution in [0.5, 0.6) is 5.75 Å². The van der Waals surface area contributed by atoms with E-state index in [1.165, 1.54) is 12.0 Å². The molecule has 0 aliphatic rings. The lowest BCUT2D eigenvalue weighted by Crippen LogP contribution is -2.31. The van der Waals surface area contributed by atoms with E-state index in [-0.39, 0.29) is 0 Å². The number of ether oxygens (including phenoxy) is 1. The molecule has 0 bridgehead atoms. The van der Waals surface area contributed by atoms with Crippen LogP contribution in [-0.4, -0.2) is 12.6 Å². The smallest absolute Gasteiger partial charge is 0.123 e. The molecule has 2 unspecified atom stereocenters. The van der Waals surface area contributed by atoms with E-state index in [4.69, 9.17) is 4.74 Å². The molecule has 0 saturated carbocycles. The largest absolute Gasteiger partial charge is 0.494 e. The first-order valence-corrected chi connectivity index (χ1v) is 6.63. The zero-order valence-electron chi connectivity index (χ0n) is 11.5. The maximum atomic E-state index is 5.62. The van der Waals surface area contributed by atoms with Crippen molar-refractivity contribution >= 4 is 0 Å². The Hall–Kier alpha value is -1.02. The summed E-state index contributed by atoms with van der Waals surface area (Å²) < 4.78 is 5.62. The SMILES string of the molecule is CCOc1ccccc1CNC(C)C(C)CC. The van der Waals surface area contributed by atoms with Crippen LogP contribution in [0.1, 0.15) is 39.7 Å². The number of rotatable bonds is 7. The zero-order valence-corrected chi connectivity index (χ0v) is 11.5. The van der Waals surface area contributed by atoms with Crippen molar-refractivity contribution in [2.45, 2.75) is 46.7 Å². The lowest BCUT2D eigenvalue weighted by Gasteiger charge is -2.20. The lowest BCUT2D eigenvalue weighted by molar-refractivity contribution is 0.331. The highest BCUT2D eigenvalue weighted by Gasteiger charge is 2.10. The predicted octanol–water partition coefficient (Wildman–Crippen LogP) is 3.61. The van der Waals surface area contributed by atoms with Crippen LogP contribution in [-0.2, 0) is 6.54 Å². The highest BCUT2D eigenvalue weighted by molar-refractivity contribution is 5.33. The predicted molar refractivity (Wildman–Crippen MR) is 73.4 cm³/mol. The normalized spacial score (nSPS) is 14.4. The number of para-hydroxylation sites is 1. The van der Waals surface area contributed by atoms with E-state index in [1.54, 1.807) is 0 Å². The molecule has 0 amide bonds. The highest BCUT2D eigenvalue weighted by Crippen LogP contribution is 2.18. The molecule has 2 nitrogen and oxygen atoms in total. The van der Waals surface area contributed by atoms with Crippen molar-refractivity contribution in [3.8, 4) is 5.75 Å². The van der Waals surface area contributed by atoms with Gasteiger partial charge >= 0.3 is 0 Å². The maximum absolute atomic E-state index is 5.62. The molecule has 0 aliphatic heterocycles. The van der Waals surface area contributed by atoms with Gasteiger partial charge in [-0.25, -0.2) is 0 Å². The molecule has 1 aromatic rings. The first kappa shape index (κ1) is 14.0. The summed E-state index contributed by atoms with van der Waals surface area (Å²) in [6.45, 7) is 10.4. The van der Waals surface area contributed by atoms with Gasteiger partial charge in [0.2, 0.25) is 0 Å². The summed E-state index contributed by atoms with van der Waals surface area (Å²) in [5, 5.41) is 3.57. The van der Waals surface area contributed by atoms with Crippen molar-refractivity contribution in [2.75, 3.05) is 6.61 Å². The Kier molecular flexibility index (Phi) is 6.06. The summed E-state index contributed by atoms with van der Waals surface area (Å²) in [5.41, 5.74) is 1.24. The molecule has 2 heteroatoms. The van der Waals surface area contributed by atoms with Gasteiger partial charge in [0.15, 0.2) is 0 Å². The van der Waals surface area contributed by atoms with Crippen LogP contribution in [0.2, 0.25) is 0 Å². The van der Waals surface area contributed by atoms with Gasteiger partial charge in [-0.1, -0.05) is 38.5 Å². The second-order valence-corrected chi connectivity index (χ2v) is 4.60. The monoisotopic (exact) mass is 235 g/mol. The van der Waals surface area contributed by atoms with Crippen molar-refractivity contribution in [1.82, 2.24) is 5.32 Å². The summed E-state index contributed by atoms with van der Waals surface area (Å²) in [6, 6.07) is 8.78. The topological polar surface area (TPSA) is 21.3 Å². The summed E-state index contributed by atoms with van der Waals surface area (Å²) in [7, 11) is 0. The molecule has 0 saturated heterocycles. The van der Waals surface area contributed by atoms with Crippen LogP contribution in [0.4, 0.5) is 0 Å². The van der Waals surface area contributed by atoms with Gasteiger partial charge in [-0.2, -0.15) is 0 Å². The molecule has 1 aromatic carbocycles. The van der Waals surface area contributed by atoms with E-state index >= 15 is 0 Å². The third-order valence-corrected chi connectivity index (χ3v) is 3.38. The molecule has 0 spiro atoms. The van der Waals surface area contributed by atoms with Gasteiger partial charge in [-0.05, 0) is 25.8 Å². The first-order chi connectivity index (χ1) is 8.19. The van der Waals surface area contributed by atoms with Crippen molar-refractivity contribution in [3.05, 3.63) is 29.8 Å². The minimum atomic E-state index is 0.537. The van der Waals surface area contributed by atoms with Crippen molar-refractivity contribution < 1.29 is 4.74 Å². The fourth-order valence-corrected chi connectivity index (χ4v) is 1.77. The highest BCUT2D eigenvalue weighted by atomic mass is 16.5. The Morgan fingerprint density at radius 2 is 1.88 bits per heavy atom. The maximum Gasteiger partial charge on any atom is 0.123 e. The Balaban J connectivity index is 2.56. The second-order valence-electron chi connectivity index (χ2n) is 4.60. The Morgan fingerprint density at radius 1 is 1.18 bits per heavy atom. The second kappa shape index (κ2) is 7.33. The third kappa shape index (κ3) is 4.39. The van der Waals surface area contributed by atoms with Gasteiger partial charge in [0.1, 0.15) is 5.75 Å². The first-order valence-electron chi connectivity index (χ1n) is 6.63. The van der Waals surface area contributed by atoms with E-state index in [0.29, 0.717) is 12.0 Å². The van der Waals surface area contributed by atoms with Crippen LogP contribution in [0, 0.1) is 5.92 Å². The molecule has 0 aromatic heterocycles. The molecule has 1 N–H and O–H groups in total. The minimum absolute atomic E-state index is 0.537. The van der Waals surface area contributed by atoms with Crippen LogP contribution >= 0.6 is 0 Å². The minimum Gasteiger partial charge on any atom is -0.494 e. The van der Waals surface area contributed by atoms with E-state index in [1.807, 2.05) is 19.1 Å².